The number of benzene rings is 1. The standard InChI is InChI=1S/C18H23N3O4/c1-12-8-16(20-25-12)18(22)19-6-7-21-10-13(2)24-17-9-15(23-3)5-4-14(17)11-21/h4-5,8-9,13H,6-7,10-11H2,1-3H3,(H,19,22). The van der Waals surface area contributed by atoms with Gasteiger partial charge in [0.15, 0.2) is 5.69 Å². The van der Waals surface area contributed by atoms with Gasteiger partial charge in [0.05, 0.1) is 7.11 Å². The van der Waals surface area contributed by atoms with Crippen LogP contribution in [0.1, 0.15) is 28.7 Å². The highest BCUT2D eigenvalue weighted by Crippen LogP contribution is 2.29. The number of hydrogen-bond acceptors (Lipinski definition) is 6. The molecular formula is C18H23N3O4. The molecule has 1 aliphatic rings. The molecule has 1 unspecified atom stereocenters. The first-order valence-electron chi connectivity index (χ1n) is 8.32. The van der Waals surface area contributed by atoms with Gasteiger partial charge >= 0.3 is 0 Å². The quantitative estimate of drug-likeness (QED) is 0.893. The Morgan fingerprint density at radius 1 is 1.44 bits per heavy atom. The molecule has 7 nitrogen and oxygen atoms in total. The summed E-state index contributed by atoms with van der Waals surface area (Å²) in [4.78, 5) is 14.3. The molecule has 0 fully saturated rings. The molecule has 1 aromatic heterocycles. The lowest BCUT2D eigenvalue weighted by molar-refractivity contribution is 0.0935. The van der Waals surface area contributed by atoms with Gasteiger partial charge in [0.25, 0.3) is 5.91 Å². The zero-order valence-corrected chi connectivity index (χ0v) is 14.7. The molecule has 0 saturated heterocycles. The molecule has 2 aromatic rings. The van der Waals surface area contributed by atoms with Crippen LogP contribution in [0.5, 0.6) is 11.5 Å². The van der Waals surface area contributed by atoms with Crippen molar-refractivity contribution in [3.63, 3.8) is 0 Å². The third-order valence-electron chi connectivity index (χ3n) is 4.09. The van der Waals surface area contributed by atoms with E-state index in [1.54, 1.807) is 20.1 Å². The lowest BCUT2D eigenvalue weighted by Gasteiger charge is -2.21. The maximum atomic E-state index is 12.0. The Hall–Kier alpha value is -2.54. The van der Waals surface area contributed by atoms with Crippen molar-refractivity contribution < 1.29 is 18.8 Å². The van der Waals surface area contributed by atoms with E-state index in [4.69, 9.17) is 14.0 Å². The predicted octanol–water partition coefficient (Wildman–Crippen LogP) is 2.00. The number of carbonyl (C=O) groups is 1. The normalized spacial score (nSPS) is 17.3. The molecule has 134 valence electrons. The third-order valence-corrected chi connectivity index (χ3v) is 4.09. The monoisotopic (exact) mass is 345 g/mol. The number of hydrogen-bond donors (Lipinski definition) is 1. The summed E-state index contributed by atoms with van der Waals surface area (Å²) in [6.45, 7) is 6.61. The van der Waals surface area contributed by atoms with E-state index in [0.717, 1.165) is 36.7 Å². The topological polar surface area (TPSA) is 76.8 Å². The number of nitrogens with zero attached hydrogens (tertiary/aromatic N) is 2. The van der Waals surface area contributed by atoms with Crippen molar-refractivity contribution in [2.45, 2.75) is 26.5 Å². The number of aromatic nitrogens is 1. The van der Waals surface area contributed by atoms with Crippen molar-refractivity contribution in [1.29, 1.82) is 0 Å². The number of carbonyl (C=O) groups excluding carboxylic acids is 1. The van der Waals surface area contributed by atoms with E-state index in [0.29, 0.717) is 18.0 Å². The predicted molar refractivity (Wildman–Crippen MR) is 91.9 cm³/mol. The summed E-state index contributed by atoms with van der Waals surface area (Å²) >= 11 is 0. The van der Waals surface area contributed by atoms with Gasteiger partial charge in [0, 0.05) is 43.9 Å². The summed E-state index contributed by atoms with van der Waals surface area (Å²) in [6, 6.07) is 7.51. The highest BCUT2D eigenvalue weighted by atomic mass is 16.5. The Kier molecular flexibility index (Phi) is 5.23. The summed E-state index contributed by atoms with van der Waals surface area (Å²) in [5.41, 5.74) is 1.42. The summed E-state index contributed by atoms with van der Waals surface area (Å²) < 4.78 is 16.2. The fourth-order valence-electron chi connectivity index (χ4n) is 2.89. The van der Waals surface area contributed by atoms with Crippen molar-refractivity contribution in [3.05, 3.63) is 41.3 Å². The highest BCUT2D eigenvalue weighted by molar-refractivity contribution is 5.92. The van der Waals surface area contributed by atoms with Crippen molar-refractivity contribution in [3.8, 4) is 11.5 Å². The Bertz CT molecular complexity index is 744. The van der Waals surface area contributed by atoms with E-state index >= 15 is 0 Å². The fraction of sp³-hybridized carbons (Fsp3) is 0.444. The van der Waals surface area contributed by atoms with Gasteiger partial charge in [-0.3, -0.25) is 9.69 Å². The number of methoxy groups -OCH3 is 1. The number of ether oxygens (including phenoxy) is 2. The lowest BCUT2D eigenvalue weighted by atomic mass is 10.2. The zero-order valence-electron chi connectivity index (χ0n) is 14.7. The van der Waals surface area contributed by atoms with Crippen LogP contribution in [0, 0.1) is 6.92 Å². The minimum atomic E-state index is -0.221. The van der Waals surface area contributed by atoms with Crippen LogP contribution in [0.2, 0.25) is 0 Å². The van der Waals surface area contributed by atoms with E-state index < -0.39 is 0 Å². The molecule has 0 spiro atoms. The van der Waals surface area contributed by atoms with E-state index in [1.807, 2.05) is 25.1 Å². The van der Waals surface area contributed by atoms with E-state index in [1.165, 1.54) is 0 Å². The molecule has 1 N–H and O–H groups in total. The first kappa shape index (κ1) is 17.3. The molecule has 3 rings (SSSR count). The first-order chi connectivity index (χ1) is 12.0. The van der Waals surface area contributed by atoms with Crippen LogP contribution in [-0.2, 0) is 6.54 Å². The maximum absolute atomic E-state index is 12.0. The van der Waals surface area contributed by atoms with Gasteiger partial charge < -0.3 is 19.3 Å². The van der Waals surface area contributed by atoms with Gasteiger partial charge in [-0.25, -0.2) is 0 Å². The number of nitrogens with one attached hydrogen (secondary N) is 1. The SMILES string of the molecule is COc1ccc2c(c1)OC(C)CN(CCNC(=O)c1cc(C)on1)C2. The number of fused-ring (bicyclic) bond motifs is 1. The molecule has 1 atom stereocenters. The summed E-state index contributed by atoms with van der Waals surface area (Å²) in [6.07, 6.45) is 0.0576. The van der Waals surface area contributed by atoms with Crippen molar-refractivity contribution >= 4 is 5.91 Å². The largest absolute Gasteiger partial charge is 0.497 e. The van der Waals surface area contributed by atoms with Gasteiger partial charge in [-0.1, -0.05) is 11.2 Å². The third kappa shape index (κ3) is 4.30. The zero-order chi connectivity index (χ0) is 17.8. The summed E-state index contributed by atoms with van der Waals surface area (Å²) in [5, 5.41) is 6.59. The minimum Gasteiger partial charge on any atom is -0.497 e. The van der Waals surface area contributed by atoms with Gasteiger partial charge in [-0.05, 0) is 19.9 Å². The van der Waals surface area contributed by atoms with Crippen LogP contribution in [0.15, 0.2) is 28.8 Å². The highest BCUT2D eigenvalue weighted by Gasteiger charge is 2.20. The lowest BCUT2D eigenvalue weighted by Crippen LogP contribution is -2.37. The van der Waals surface area contributed by atoms with Gasteiger partial charge in [-0.15, -0.1) is 0 Å². The van der Waals surface area contributed by atoms with Gasteiger partial charge in [0.1, 0.15) is 23.4 Å². The van der Waals surface area contributed by atoms with Crippen molar-refractivity contribution in [1.82, 2.24) is 15.4 Å². The van der Waals surface area contributed by atoms with Crippen LogP contribution in [0.25, 0.3) is 0 Å². The van der Waals surface area contributed by atoms with Crippen LogP contribution < -0.4 is 14.8 Å². The molecule has 1 aliphatic heterocycles. The second-order valence-electron chi connectivity index (χ2n) is 6.22. The molecule has 0 saturated carbocycles. The Morgan fingerprint density at radius 3 is 3.00 bits per heavy atom. The van der Waals surface area contributed by atoms with Gasteiger partial charge in [0.2, 0.25) is 0 Å². The smallest absolute Gasteiger partial charge is 0.273 e. The minimum absolute atomic E-state index is 0.0576. The summed E-state index contributed by atoms with van der Waals surface area (Å²) in [7, 11) is 1.65. The van der Waals surface area contributed by atoms with Crippen LogP contribution in [-0.4, -0.2) is 48.8 Å². The average Bonchev–Trinajstić information content (AvgIpc) is 2.95. The Morgan fingerprint density at radius 2 is 2.28 bits per heavy atom. The number of amides is 1. The molecule has 2 heterocycles. The van der Waals surface area contributed by atoms with Crippen molar-refractivity contribution in [2.24, 2.45) is 0 Å². The Labute approximate surface area is 146 Å². The second-order valence-corrected chi connectivity index (χ2v) is 6.22. The van der Waals surface area contributed by atoms with Crippen LogP contribution in [0.4, 0.5) is 0 Å². The first-order valence-corrected chi connectivity index (χ1v) is 8.32. The molecule has 0 aliphatic carbocycles. The number of aryl methyl sites for hydroxylation is 1. The van der Waals surface area contributed by atoms with Crippen molar-refractivity contribution in [2.75, 3.05) is 26.7 Å². The van der Waals surface area contributed by atoms with E-state index in [2.05, 4.69) is 15.4 Å². The molecule has 25 heavy (non-hydrogen) atoms. The average molecular weight is 345 g/mol. The number of rotatable bonds is 5. The summed E-state index contributed by atoms with van der Waals surface area (Å²) in [5.74, 6) is 2.04. The molecule has 7 heteroatoms. The van der Waals surface area contributed by atoms with E-state index in [9.17, 15) is 4.79 Å². The molecular weight excluding hydrogens is 322 g/mol. The Balaban J connectivity index is 1.58. The van der Waals surface area contributed by atoms with Crippen LogP contribution in [0.3, 0.4) is 0 Å². The van der Waals surface area contributed by atoms with Gasteiger partial charge in [-0.2, -0.15) is 0 Å². The second kappa shape index (κ2) is 7.57. The maximum Gasteiger partial charge on any atom is 0.273 e. The molecule has 0 bridgehead atoms. The molecule has 0 radical (unpaired) electrons. The van der Waals surface area contributed by atoms with Crippen LogP contribution >= 0.6 is 0 Å². The van der Waals surface area contributed by atoms with E-state index in [-0.39, 0.29) is 12.0 Å². The fourth-order valence-corrected chi connectivity index (χ4v) is 2.89. The molecule has 1 aromatic carbocycles. The molecule has 1 amide bonds.